The predicted octanol–water partition coefficient (Wildman–Crippen LogP) is 7.29. The van der Waals surface area contributed by atoms with Gasteiger partial charge in [-0.05, 0) is 54.4 Å². The highest BCUT2D eigenvalue weighted by molar-refractivity contribution is 6.74. The molecule has 1 atom stereocenters. The molecular weight excluding hydrogens is 517 g/mol. The summed E-state index contributed by atoms with van der Waals surface area (Å²) in [6.45, 7) is 12.2. The topological polar surface area (TPSA) is 57.2 Å². The van der Waals surface area contributed by atoms with Gasteiger partial charge in [0, 0.05) is 31.7 Å². The number of amides is 1. The van der Waals surface area contributed by atoms with Gasteiger partial charge >= 0.3 is 0 Å². The fraction of sp³-hybridized carbons (Fsp3) is 0.519. The molecule has 2 aromatic carbocycles. The molecule has 0 bridgehead atoms. The number of carbonyl (C=O) groups excluding carboxylic acids is 1. The predicted molar refractivity (Wildman–Crippen MR) is 150 cm³/mol. The molecule has 9 heteroatoms. The molecule has 0 N–H and O–H groups in total. The van der Waals surface area contributed by atoms with Crippen LogP contribution in [-0.4, -0.2) is 60.7 Å². The number of ether oxygens (including phenoxy) is 3. The van der Waals surface area contributed by atoms with Crippen LogP contribution in [0.15, 0.2) is 30.3 Å². The van der Waals surface area contributed by atoms with Gasteiger partial charge in [-0.3, -0.25) is 4.79 Å². The zero-order valence-corrected chi connectivity index (χ0v) is 25.3. The van der Waals surface area contributed by atoms with Crippen LogP contribution in [0.25, 0.3) is 0 Å². The number of nitrogens with zero attached hydrogens (tertiary/aromatic N) is 1. The Morgan fingerprint density at radius 2 is 1.56 bits per heavy atom. The third kappa shape index (κ3) is 7.31. The van der Waals surface area contributed by atoms with Crippen LogP contribution in [0, 0.1) is 0 Å². The molecule has 2 aromatic rings. The highest BCUT2D eigenvalue weighted by Gasteiger charge is 2.37. The Labute approximate surface area is 226 Å². The van der Waals surface area contributed by atoms with E-state index in [1.807, 2.05) is 12.1 Å². The number of hydrogen-bond donors (Lipinski definition) is 0. The number of hydrogen-bond acceptors (Lipinski definition) is 5. The number of likely N-dealkylation sites (N-methyl/N-ethyl adjacent to an activating group) is 1. The van der Waals surface area contributed by atoms with Crippen LogP contribution in [0.2, 0.25) is 28.2 Å². The molecule has 0 saturated carbocycles. The first-order chi connectivity index (χ1) is 16.7. The summed E-state index contributed by atoms with van der Waals surface area (Å²) in [6.07, 6.45) is 0.733. The van der Waals surface area contributed by atoms with Crippen molar-refractivity contribution in [2.75, 3.05) is 41.5 Å². The van der Waals surface area contributed by atoms with Gasteiger partial charge < -0.3 is 23.5 Å². The maximum absolute atomic E-state index is 13.4. The fourth-order valence-corrected chi connectivity index (χ4v) is 5.01. The van der Waals surface area contributed by atoms with Crippen LogP contribution >= 0.6 is 23.2 Å². The van der Waals surface area contributed by atoms with Crippen molar-refractivity contribution in [2.24, 2.45) is 0 Å². The first-order valence-electron chi connectivity index (χ1n) is 11.9. The first-order valence-corrected chi connectivity index (χ1v) is 15.6. The zero-order valence-electron chi connectivity index (χ0n) is 22.8. The lowest BCUT2D eigenvalue weighted by Gasteiger charge is -2.36. The van der Waals surface area contributed by atoms with E-state index >= 15 is 0 Å². The van der Waals surface area contributed by atoms with E-state index in [4.69, 9.17) is 41.8 Å². The van der Waals surface area contributed by atoms with Crippen molar-refractivity contribution in [1.29, 1.82) is 0 Å². The van der Waals surface area contributed by atoms with Gasteiger partial charge in [-0.25, -0.2) is 0 Å². The average molecular weight is 557 g/mol. The van der Waals surface area contributed by atoms with Gasteiger partial charge in [-0.15, -0.1) is 0 Å². The Morgan fingerprint density at radius 3 is 2.03 bits per heavy atom. The van der Waals surface area contributed by atoms with Gasteiger partial charge in [0.05, 0.1) is 31.4 Å². The van der Waals surface area contributed by atoms with Crippen molar-refractivity contribution in [3.05, 3.63) is 51.5 Å². The van der Waals surface area contributed by atoms with Gasteiger partial charge in [0.25, 0.3) is 5.91 Å². The minimum absolute atomic E-state index is 0.000486. The molecule has 0 aliphatic rings. The summed E-state index contributed by atoms with van der Waals surface area (Å²) in [6, 6.07) is 8.95. The highest BCUT2D eigenvalue weighted by atomic mass is 35.5. The lowest BCUT2D eigenvalue weighted by Crippen LogP contribution is -2.41. The van der Waals surface area contributed by atoms with Crippen molar-refractivity contribution in [3.63, 3.8) is 0 Å². The summed E-state index contributed by atoms with van der Waals surface area (Å²) < 4.78 is 22.7. The first kappa shape index (κ1) is 30.3. The molecular formula is C27H39Cl2NO5Si. The van der Waals surface area contributed by atoms with Crippen molar-refractivity contribution in [2.45, 2.75) is 51.2 Å². The van der Waals surface area contributed by atoms with Gasteiger partial charge in [0.2, 0.25) is 5.75 Å². The number of carbonyl (C=O) groups is 1. The molecule has 0 radical (unpaired) electrons. The number of methoxy groups -OCH3 is 3. The maximum Gasteiger partial charge on any atom is 0.253 e. The average Bonchev–Trinajstić information content (AvgIpc) is 2.82. The summed E-state index contributed by atoms with van der Waals surface area (Å²) in [4.78, 5) is 15.1. The van der Waals surface area contributed by atoms with Crippen molar-refractivity contribution in [1.82, 2.24) is 4.90 Å². The standard InChI is InChI=1S/C27H39Cl2NO5Si/c1-27(2,3)36(8,9)35-13-12-19(18-10-11-21(28)22(29)14-18)17-30(4)26(31)20-15-23(32-5)25(34-7)24(16-20)33-6/h10-11,14-16,19H,12-13,17H2,1-9H3. The Bertz CT molecular complexity index is 1030. The summed E-state index contributed by atoms with van der Waals surface area (Å²) >= 11 is 12.5. The summed E-state index contributed by atoms with van der Waals surface area (Å²) in [5, 5.41) is 1.10. The SMILES string of the molecule is COc1cc(C(=O)N(C)CC(CCO[Si](C)(C)C(C)(C)C)c2ccc(Cl)c(Cl)c2)cc(OC)c1OC. The van der Waals surface area contributed by atoms with E-state index in [-0.39, 0.29) is 16.9 Å². The van der Waals surface area contributed by atoms with E-state index in [0.29, 0.717) is 46.0 Å². The van der Waals surface area contributed by atoms with Crippen LogP contribution in [0.1, 0.15) is 49.0 Å². The highest BCUT2D eigenvalue weighted by Crippen LogP contribution is 2.39. The van der Waals surface area contributed by atoms with Gasteiger partial charge in [0.1, 0.15) is 0 Å². The molecule has 0 heterocycles. The summed E-state index contributed by atoms with van der Waals surface area (Å²) in [5.41, 5.74) is 1.45. The molecule has 0 fully saturated rings. The monoisotopic (exact) mass is 555 g/mol. The fourth-order valence-electron chi connectivity index (χ4n) is 3.64. The third-order valence-electron chi connectivity index (χ3n) is 6.90. The van der Waals surface area contributed by atoms with E-state index in [0.717, 1.165) is 12.0 Å². The van der Waals surface area contributed by atoms with Gasteiger partial charge in [-0.1, -0.05) is 50.0 Å². The van der Waals surface area contributed by atoms with E-state index < -0.39 is 8.32 Å². The lowest BCUT2D eigenvalue weighted by atomic mass is 9.95. The summed E-state index contributed by atoms with van der Waals surface area (Å²) in [5.74, 6) is 1.13. The zero-order chi connectivity index (χ0) is 27.3. The van der Waals surface area contributed by atoms with Crippen LogP contribution in [-0.2, 0) is 4.43 Å². The van der Waals surface area contributed by atoms with Gasteiger partial charge in [-0.2, -0.15) is 0 Å². The number of halogens is 2. The van der Waals surface area contributed by atoms with E-state index in [9.17, 15) is 4.79 Å². The molecule has 0 aliphatic carbocycles. The van der Waals surface area contributed by atoms with Crippen molar-refractivity contribution >= 4 is 37.4 Å². The van der Waals surface area contributed by atoms with Gasteiger partial charge in [0.15, 0.2) is 19.8 Å². The minimum atomic E-state index is -1.90. The molecule has 0 saturated heterocycles. The molecule has 0 aliphatic heterocycles. The normalized spacial score (nSPS) is 12.8. The lowest BCUT2D eigenvalue weighted by molar-refractivity contribution is 0.0780. The molecule has 200 valence electrons. The number of rotatable bonds is 11. The molecule has 1 unspecified atom stereocenters. The largest absolute Gasteiger partial charge is 0.493 e. The minimum Gasteiger partial charge on any atom is -0.493 e. The molecule has 1 amide bonds. The third-order valence-corrected chi connectivity index (χ3v) is 12.2. The van der Waals surface area contributed by atoms with Crippen LogP contribution in [0.4, 0.5) is 0 Å². The smallest absolute Gasteiger partial charge is 0.253 e. The summed E-state index contributed by atoms with van der Waals surface area (Å²) in [7, 11) is 4.46. The Morgan fingerprint density at radius 1 is 0.972 bits per heavy atom. The Balaban J connectivity index is 2.30. The van der Waals surface area contributed by atoms with Crippen LogP contribution in [0.3, 0.4) is 0 Å². The van der Waals surface area contributed by atoms with Crippen molar-refractivity contribution in [3.8, 4) is 17.2 Å². The van der Waals surface area contributed by atoms with Crippen molar-refractivity contribution < 1.29 is 23.4 Å². The second-order valence-electron chi connectivity index (χ2n) is 10.4. The Kier molecular flexibility index (Phi) is 10.6. The second-order valence-corrected chi connectivity index (χ2v) is 16.0. The molecule has 2 rings (SSSR count). The second kappa shape index (κ2) is 12.5. The van der Waals surface area contributed by atoms with E-state index in [1.54, 1.807) is 30.1 Å². The number of benzene rings is 2. The molecule has 6 nitrogen and oxygen atoms in total. The molecule has 0 aromatic heterocycles. The molecule has 0 spiro atoms. The maximum atomic E-state index is 13.4. The van der Waals surface area contributed by atoms with Crippen LogP contribution < -0.4 is 14.2 Å². The van der Waals surface area contributed by atoms with E-state index in [1.165, 1.54) is 21.3 Å². The molecule has 36 heavy (non-hydrogen) atoms. The Hall–Kier alpha value is -1.93. The van der Waals surface area contributed by atoms with Crippen LogP contribution in [0.5, 0.6) is 17.2 Å². The quantitative estimate of drug-likeness (QED) is 0.272. The van der Waals surface area contributed by atoms with E-state index in [2.05, 4.69) is 33.9 Å².